The summed E-state index contributed by atoms with van der Waals surface area (Å²) in [5.41, 5.74) is 4.50. The van der Waals surface area contributed by atoms with E-state index in [0.29, 0.717) is 17.9 Å². The third kappa shape index (κ3) is 5.31. The van der Waals surface area contributed by atoms with Gasteiger partial charge in [-0.3, -0.25) is 19.4 Å². The topological polar surface area (TPSA) is 85.6 Å². The van der Waals surface area contributed by atoms with E-state index in [-0.39, 0.29) is 23.7 Å². The molecular formula is C24H25FN6OS. The van der Waals surface area contributed by atoms with Gasteiger partial charge in [-0.25, -0.2) is 9.37 Å². The second kappa shape index (κ2) is 9.19. The molecule has 0 spiro atoms. The Kier molecular flexibility index (Phi) is 6.33. The lowest BCUT2D eigenvalue weighted by Crippen LogP contribution is -2.25. The summed E-state index contributed by atoms with van der Waals surface area (Å²) in [7, 11) is 0. The molecule has 1 aromatic carbocycles. The first-order chi connectivity index (χ1) is 15.7. The molecule has 0 saturated carbocycles. The summed E-state index contributed by atoms with van der Waals surface area (Å²) in [5.74, 6) is -0.431. The highest BCUT2D eigenvalue weighted by molar-refractivity contribution is 7.13. The van der Waals surface area contributed by atoms with Crippen LogP contribution in [0.3, 0.4) is 0 Å². The number of aryl methyl sites for hydroxylation is 1. The Morgan fingerprint density at radius 3 is 2.52 bits per heavy atom. The minimum absolute atomic E-state index is 0.140. The second-order valence-electron chi connectivity index (χ2n) is 8.74. The first-order valence-corrected chi connectivity index (χ1v) is 11.4. The third-order valence-corrected chi connectivity index (χ3v) is 5.87. The summed E-state index contributed by atoms with van der Waals surface area (Å²) in [5, 5.41) is 10.1. The average molecular weight is 465 g/mol. The number of nitrogens with one attached hydrogen (secondary N) is 1. The molecule has 0 atom stereocenters. The van der Waals surface area contributed by atoms with Gasteiger partial charge in [0.2, 0.25) is 5.91 Å². The number of carbonyl (C=O) groups excluding carboxylic acids is 1. The van der Waals surface area contributed by atoms with Crippen LogP contribution < -0.4 is 5.32 Å². The van der Waals surface area contributed by atoms with Gasteiger partial charge in [0.15, 0.2) is 0 Å². The van der Waals surface area contributed by atoms with Gasteiger partial charge in [0.1, 0.15) is 10.8 Å². The average Bonchev–Trinajstić information content (AvgIpc) is 3.41. The lowest BCUT2D eigenvalue weighted by Gasteiger charge is -2.23. The molecule has 3 aromatic heterocycles. The number of rotatable bonds is 6. The van der Waals surface area contributed by atoms with Gasteiger partial charge in [0, 0.05) is 17.1 Å². The van der Waals surface area contributed by atoms with Crippen LogP contribution in [0.2, 0.25) is 0 Å². The number of aromatic nitrogens is 5. The molecular weight excluding hydrogens is 439 g/mol. The Labute approximate surface area is 195 Å². The first-order valence-electron chi connectivity index (χ1n) is 10.5. The standard InChI is InChI=1S/C24H25FN6OS/c1-15-10-27-19(11-26-15)12-28-21(32)9-18-14-33-23(30-18)20-13-29-31(24(2,3)4)22(20)16-5-7-17(25)8-6-16/h5-8,10-11,13-14H,9,12H2,1-4H3,(H,28,32). The number of hydrogen-bond acceptors (Lipinski definition) is 6. The fourth-order valence-electron chi connectivity index (χ4n) is 3.34. The largest absolute Gasteiger partial charge is 0.350 e. The third-order valence-electron chi connectivity index (χ3n) is 4.95. The van der Waals surface area contributed by atoms with E-state index in [4.69, 9.17) is 0 Å². The van der Waals surface area contributed by atoms with Crippen LogP contribution >= 0.6 is 11.3 Å². The monoisotopic (exact) mass is 464 g/mol. The molecule has 4 aromatic rings. The highest BCUT2D eigenvalue weighted by atomic mass is 32.1. The molecule has 0 aliphatic carbocycles. The number of nitrogens with zero attached hydrogens (tertiary/aromatic N) is 5. The maximum Gasteiger partial charge on any atom is 0.226 e. The van der Waals surface area contributed by atoms with E-state index in [1.807, 2.05) is 17.0 Å². The predicted octanol–water partition coefficient (Wildman–Crippen LogP) is 4.53. The van der Waals surface area contributed by atoms with Crippen molar-refractivity contribution in [2.45, 2.75) is 46.2 Å². The summed E-state index contributed by atoms with van der Waals surface area (Å²) < 4.78 is 15.4. The van der Waals surface area contributed by atoms with Crippen molar-refractivity contribution < 1.29 is 9.18 Å². The van der Waals surface area contributed by atoms with E-state index in [1.54, 1.807) is 30.7 Å². The van der Waals surface area contributed by atoms with Crippen LogP contribution in [0.5, 0.6) is 0 Å². The van der Waals surface area contributed by atoms with Crippen molar-refractivity contribution in [1.82, 2.24) is 30.0 Å². The van der Waals surface area contributed by atoms with E-state index in [0.717, 1.165) is 27.5 Å². The fraction of sp³-hybridized carbons (Fsp3) is 0.292. The molecule has 170 valence electrons. The molecule has 1 amide bonds. The van der Waals surface area contributed by atoms with Crippen LogP contribution in [0.4, 0.5) is 4.39 Å². The number of hydrogen-bond donors (Lipinski definition) is 1. The van der Waals surface area contributed by atoms with Crippen molar-refractivity contribution in [3.63, 3.8) is 0 Å². The van der Waals surface area contributed by atoms with Gasteiger partial charge in [-0.05, 0) is 52.0 Å². The molecule has 3 heterocycles. The van der Waals surface area contributed by atoms with Crippen molar-refractivity contribution in [1.29, 1.82) is 0 Å². The lowest BCUT2D eigenvalue weighted by molar-refractivity contribution is -0.120. The van der Waals surface area contributed by atoms with Crippen molar-refractivity contribution in [3.8, 4) is 21.8 Å². The summed E-state index contributed by atoms with van der Waals surface area (Å²) in [4.78, 5) is 25.5. The molecule has 0 aliphatic rings. The molecule has 9 heteroatoms. The lowest BCUT2D eigenvalue weighted by atomic mass is 10.0. The van der Waals surface area contributed by atoms with E-state index in [9.17, 15) is 9.18 Å². The van der Waals surface area contributed by atoms with E-state index >= 15 is 0 Å². The molecule has 0 bridgehead atoms. The Morgan fingerprint density at radius 1 is 1.09 bits per heavy atom. The zero-order valence-electron chi connectivity index (χ0n) is 19.0. The quantitative estimate of drug-likeness (QED) is 0.453. The minimum atomic E-state index is -0.290. The van der Waals surface area contributed by atoms with Crippen LogP contribution in [0.1, 0.15) is 37.9 Å². The highest BCUT2D eigenvalue weighted by Crippen LogP contribution is 2.36. The Hall–Kier alpha value is -3.46. The smallest absolute Gasteiger partial charge is 0.226 e. The van der Waals surface area contributed by atoms with Crippen LogP contribution in [0, 0.1) is 12.7 Å². The summed E-state index contributed by atoms with van der Waals surface area (Å²) in [6.45, 7) is 8.37. The zero-order valence-corrected chi connectivity index (χ0v) is 19.8. The second-order valence-corrected chi connectivity index (χ2v) is 9.60. The maximum atomic E-state index is 13.5. The van der Waals surface area contributed by atoms with Gasteiger partial charge in [0.25, 0.3) is 0 Å². The van der Waals surface area contributed by atoms with Crippen molar-refractivity contribution in [3.05, 3.63) is 71.1 Å². The van der Waals surface area contributed by atoms with Gasteiger partial charge in [0.05, 0.1) is 59.2 Å². The zero-order chi connectivity index (χ0) is 23.6. The molecule has 0 unspecified atom stereocenters. The molecule has 33 heavy (non-hydrogen) atoms. The Balaban J connectivity index is 1.54. The van der Waals surface area contributed by atoms with Gasteiger partial charge >= 0.3 is 0 Å². The predicted molar refractivity (Wildman–Crippen MR) is 126 cm³/mol. The number of amides is 1. The highest BCUT2D eigenvalue weighted by Gasteiger charge is 2.24. The minimum Gasteiger partial charge on any atom is -0.350 e. The molecule has 0 fully saturated rings. The fourth-order valence-corrected chi connectivity index (χ4v) is 4.17. The van der Waals surface area contributed by atoms with Crippen LogP contribution in [-0.4, -0.2) is 30.6 Å². The van der Waals surface area contributed by atoms with Gasteiger partial charge in [-0.1, -0.05) is 0 Å². The number of benzene rings is 1. The van der Waals surface area contributed by atoms with Gasteiger partial charge < -0.3 is 5.32 Å². The van der Waals surface area contributed by atoms with Crippen molar-refractivity contribution >= 4 is 17.2 Å². The summed E-state index contributed by atoms with van der Waals surface area (Å²) in [6, 6.07) is 6.37. The molecule has 0 aliphatic heterocycles. The number of carbonyl (C=O) groups is 1. The van der Waals surface area contributed by atoms with Gasteiger partial charge in [-0.2, -0.15) is 5.10 Å². The maximum absolute atomic E-state index is 13.5. The van der Waals surface area contributed by atoms with Gasteiger partial charge in [-0.15, -0.1) is 11.3 Å². The number of thiazole rings is 1. The summed E-state index contributed by atoms with van der Waals surface area (Å²) >= 11 is 1.46. The van der Waals surface area contributed by atoms with E-state index in [1.165, 1.54) is 23.5 Å². The molecule has 7 nitrogen and oxygen atoms in total. The SMILES string of the molecule is Cc1cnc(CNC(=O)Cc2csc(-c3cnn(C(C)(C)C)c3-c3ccc(F)cc3)n2)cn1. The molecule has 0 radical (unpaired) electrons. The Bertz CT molecular complexity index is 1260. The van der Waals surface area contributed by atoms with E-state index in [2.05, 4.69) is 46.1 Å². The molecule has 4 rings (SSSR count). The molecule has 1 N–H and O–H groups in total. The van der Waals surface area contributed by atoms with Crippen molar-refractivity contribution in [2.75, 3.05) is 0 Å². The number of halogens is 1. The Morgan fingerprint density at radius 2 is 1.85 bits per heavy atom. The molecule has 0 saturated heterocycles. The van der Waals surface area contributed by atoms with Crippen LogP contribution in [-0.2, 0) is 23.3 Å². The van der Waals surface area contributed by atoms with Crippen molar-refractivity contribution in [2.24, 2.45) is 0 Å². The van der Waals surface area contributed by atoms with Crippen LogP contribution in [0.25, 0.3) is 21.8 Å². The summed E-state index contributed by atoms with van der Waals surface area (Å²) in [6.07, 6.45) is 5.27. The first kappa shape index (κ1) is 22.7. The normalized spacial score (nSPS) is 11.5. The van der Waals surface area contributed by atoms with Crippen LogP contribution in [0.15, 0.2) is 48.2 Å². The van der Waals surface area contributed by atoms with E-state index < -0.39 is 0 Å².